The number of ether oxygens (including phenoxy) is 1. The second kappa shape index (κ2) is 5.26. The van der Waals surface area contributed by atoms with E-state index in [9.17, 15) is 18.8 Å². The predicted molar refractivity (Wildman–Crippen MR) is 72.9 cm³/mol. The van der Waals surface area contributed by atoms with Gasteiger partial charge in [0.25, 0.3) is 0 Å². The van der Waals surface area contributed by atoms with Crippen molar-refractivity contribution in [1.82, 2.24) is 0 Å². The largest absolute Gasteiger partial charge is 0.444 e. The van der Waals surface area contributed by atoms with Gasteiger partial charge >= 0.3 is 0 Å². The van der Waals surface area contributed by atoms with E-state index in [0.29, 0.717) is 25.0 Å². The molecule has 0 saturated heterocycles. The Morgan fingerprint density at radius 2 is 1.91 bits per heavy atom. The molecule has 1 unspecified atom stereocenters. The lowest BCUT2D eigenvalue weighted by molar-refractivity contribution is -0.116. The molecule has 6 heteroatoms. The van der Waals surface area contributed by atoms with Crippen molar-refractivity contribution in [1.29, 1.82) is 5.26 Å². The molecule has 1 heterocycles. The molecule has 22 heavy (non-hydrogen) atoms. The van der Waals surface area contributed by atoms with E-state index in [1.807, 2.05) is 6.07 Å². The highest BCUT2D eigenvalue weighted by molar-refractivity contribution is 5.99. The van der Waals surface area contributed by atoms with Crippen molar-refractivity contribution in [3.63, 3.8) is 0 Å². The Bertz CT molecular complexity index is 755. The zero-order valence-corrected chi connectivity index (χ0v) is 11.5. The van der Waals surface area contributed by atoms with Crippen molar-refractivity contribution in [3.05, 3.63) is 58.2 Å². The van der Waals surface area contributed by atoms with Gasteiger partial charge in [0.1, 0.15) is 29.0 Å². The van der Waals surface area contributed by atoms with E-state index in [4.69, 9.17) is 10.5 Å². The van der Waals surface area contributed by atoms with Crippen LogP contribution in [0.2, 0.25) is 0 Å². The van der Waals surface area contributed by atoms with Crippen molar-refractivity contribution < 1.29 is 18.3 Å². The van der Waals surface area contributed by atoms with Crippen LogP contribution in [-0.2, 0) is 9.53 Å². The second-order valence-corrected chi connectivity index (χ2v) is 5.24. The monoisotopic (exact) mass is 302 g/mol. The van der Waals surface area contributed by atoms with Crippen molar-refractivity contribution >= 4 is 5.78 Å². The minimum Gasteiger partial charge on any atom is -0.444 e. The summed E-state index contributed by atoms with van der Waals surface area (Å²) < 4.78 is 32.4. The third-order valence-corrected chi connectivity index (χ3v) is 3.82. The van der Waals surface area contributed by atoms with Crippen molar-refractivity contribution in [3.8, 4) is 6.07 Å². The molecule has 0 aromatic heterocycles. The number of nitriles is 1. The van der Waals surface area contributed by atoms with Crippen LogP contribution in [0.25, 0.3) is 0 Å². The van der Waals surface area contributed by atoms with Crippen LogP contribution in [0.4, 0.5) is 8.78 Å². The fourth-order valence-corrected chi connectivity index (χ4v) is 2.93. The Morgan fingerprint density at radius 1 is 1.23 bits per heavy atom. The first-order chi connectivity index (χ1) is 10.5. The van der Waals surface area contributed by atoms with Gasteiger partial charge in [0.2, 0.25) is 5.88 Å². The molecular formula is C16H12F2N2O2. The summed E-state index contributed by atoms with van der Waals surface area (Å²) >= 11 is 0. The van der Waals surface area contributed by atoms with Gasteiger partial charge in [-0.15, -0.1) is 0 Å². The molecule has 0 bridgehead atoms. The molecule has 1 aromatic carbocycles. The third kappa shape index (κ3) is 2.25. The van der Waals surface area contributed by atoms with Gasteiger partial charge < -0.3 is 10.5 Å². The number of hydrogen-bond acceptors (Lipinski definition) is 4. The van der Waals surface area contributed by atoms with Crippen LogP contribution in [-0.4, -0.2) is 5.78 Å². The molecule has 3 rings (SSSR count). The van der Waals surface area contributed by atoms with Gasteiger partial charge in [0.05, 0.1) is 5.92 Å². The summed E-state index contributed by atoms with van der Waals surface area (Å²) in [7, 11) is 0. The van der Waals surface area contributed by atoms with Gasteiger partial charge in [0, 0.05) is 24.5 Å². The predicted octanol–water partition coefficient (Wildman–Crippen LogP) is 2.78. The number of allylic oxidation sites excluding steroid dienone is 3. The fourth-order valence-electron chi connectivity index (χ4n) is 2.93. The number of carbonyl (C=O) groups excluding carboxylic acids is 1. The Labute approximate surface area is 125 Å². The minimum atomic E-state index is -0.883. The molecule has 0 spiro atoms. The molecule has 0 fully saturated rings. The van der Waals surface area contributed by atoms with Gasteiger partial charge in [0.15, 0.2) is 5.78 Å². The summed E-state index contributed by atoms with van der Waals surface area (Å²) in [5.74, 6) is -2.35. The average molecular weight is 302 g/mol. The molecule has 1 aliphatic carbocycles. The molecule has 112 valence electrons. The molecule has 2 N–H and O–H groups in total. The van der Waals surface area contributed by atoms with E-state index in [0.717, 1.165) is 18.2 Å². The number of ketones is 1. The first-order valence-electron chi connectivity index (χ1n) is 6.81. The lowest BCUT2D eigenvalue weighted by Gasteiger charge is -2.30. The molecule has 1 aromatic rings. The fraction of sp³-hybridized carbons (Fsp3) is 0.250. The highest BCUT2D eigenvalue weighted by Crippen LogP contribution is 2.43. The smallest absolute Gasteiger partial charge is 0.205 e. The standard InChI is InChI=1S/C16H12F2N2O2/c17-9-4-8(5-10(18)6-9)14-11(7-19)16(20)22-13-3-1-2-12(21)15(13)14/h4-6,14H,1-3,20H2. The Balaban J connectivity index is 2.22. The summed E-state index contributed by atoms with van der Waals surface area (Å²) in [5, 5.41) is 9.32. The van der Waals surface area contributed by atoms with Crippen molar-refractivity contribution in [2.24, 2.45) is 5.73 Å². The van der Waals surface area contributed by atoms with Crippen LogP contribution in [0.3, 0.4) is 0 Å². The van der Waals surface area contributed by atoms with Crippen LogP contribution in [0.1, 0.15) is 30.7 Å². The molecule has 2 aliphatic rings. The zero-order chi connectivity index (χ0) is 15.9. The van der Waals surface area contributed by atoms with E-state index in [1.54, 1.807) is 0 Å². The molecule has 0 amide bonds. The Hall–Kier alpha value is -2.68. The lowest BCUT2D eigenvalue weighted by atomic mass is 9.77. The maximum absolute atomic E-state index is 13.5. The van der Waals surface area contributed by atoms with E-state index in [1.165, 1.54) is 0 Å². The normalized spacial score (nSPS) is 21.3. The summed E-state index contributed by atoms with van der Waals surface area (Å²) in [6, 6.07) is 4.84. The van der Waals surface area contributed by atoms with Crippen LogP contribution < -0.4 is 5.73 Å². The van der Waals surface area contributed by atoms with Gasteiger partial charge in [-0.1, -0.05) is 0 Å². The number of rotatable bonds is 1. The topological polar surface area (TPSA) is 76.1 Å². The molecular weight excluding hydrogens is 290 g/mol. The van der Waals surface area contributed by atoms with E-state index >= 15 is 0 Å². The highest BCUT2D eigenvalue weighted by Gasteiger charge is 2.38. The lowest BCUT2D eigenvalue weighted by Crippen LogP contribution is -2.27. The summed E-state index contributed by atoms with van der Waals surface area (Å²) in [6.07, 6.45) is 1.45. The highest BCUT2D eigenvalue weighted by atomic mass is 19.1. The van der Waals surface area contributed by atoms with Crippen LogP contribution in [0, 0.1) is 23.0 Å². The summed E-state index contributed by atoms with van der Waals surface area (Å²) in [6.45, 7) is 0. The maximum Gasteiger partial charge on any atom is 0.205 e. The molecule has 0 saturated carbocycles. The van der Waals surface area contributed by atoms with Crippen LogP contribution >= 0.6 is 0 Å². The van der Waals surface area contributed by atoms with E-state index in [-0.39, 0.29) is 28.4 Å². The number of nitrogens with zero attached hydrogens (tertiary/aromatic N) is 1. The number of hydrogen-bond donors (Lipinski definition) is 1. The second-order valence-electron chi connectivity index (χ2n) is 5.24. The van der Waals surface area contributed by atoms with Crippen LogP contribution in [0.5, 0.6) is 0 Å². The first-order valence-corrected chi connectivity index (χ1v) is 6.81. The molecule has 1 aliphatic heterocycles. The van der Waals surface area contributed by atoms with Gasteiger partial charge in [-0.2, -0.15) is 5.26 Å². The summed E-state index contributed by atoms with van der Waals surface area (Å²) in [4.78, 5) is 12.3. The molecule has 1 atom stereocenters. The zero-order valence-electron chi connectivity index (χ0n) is 11.5. The Morgan fingerprint density at radius 3 is 2.55 bits per heavy atom. The average Bonchev–Trinajstić information content (AvgIpc) is 2.45. The first kappa shape index (κ1) is 14.3. The number of carbonyl (C=O) groups is 1. The van der Waals surface area contributed by atoms with Gasteiger partial charge in [-0.05, 0) is 24.1 Å². The van der Waals surface area contributed by atoms with Gasteiger partial charge in [-0.3, -0.25) is 4.79 Å². The molecule has 4 nitrogen and oxygen atoms in total. The van der Waals surface area contributed by atoms with Crippen LogP contribution in [0.15, 0.2) is 41.0 Å². The summed E-state index contributed by atoms with van der Waals surface area (Å²) in [5.41, 5.74) is 6.21. The number of benzene rings is 1. The number of halogens is 2. The molecule has 0 radical (unpaired) electrons. The van der Waals surface area contributed by atoms with Gasteiger partial charge in [-0.25, -0.2) is 8.78 Å². The van der Waals surface area contributed by atoms with E-state index < -0.39 is 17.6 Å². The SMILES string of the molecule is N#CC1=C(N)OC2=C(C(=O)CCC2)C1c1cc(F)cc(F)c1. The van der Waals surface area contributed by atoms with Crippen molar-refractivity contribution in [2.75, 3.05) is 0 Å². The quantitative estimate of drug-likeness (QED) is 0.865. The minimum absolute atomic E-state index is 0.000926. The third-order valence-electron chi connectivity index (χ3n) is 3.82. The number of nitrogens with two attached hydrogens (primary N) is 1. The van der Waals surface area contributed by atoms with E-state index in [2.05, 4.69) is 0 Å². The Kier molecular flexibility index (Phi) is 3.41. The number of Topliss-reactive ketones (excluding diaryl/α,β-unsaturated/α-hetero) is 1. The van der Waals surface area contributed by atoms with Crippen molar-refractivity contribution in [2.45, 2.75) is 25.2 Å². The maximum atomic E-state index is 13.5.